The second kappa shape index (κ2) is 8.55. The first-order chi connectivity index (χ1) is 11.8. The van der Waals surface area contributed by atoms with Crippen LogP contribution < -0.4 is 14.8 Å². The molecule has 0 bridgehead atoms. The maximum absolute atomic E-state index is 5.98. The Morgan fingerprint density at radius 3 is 2.71 bits per heavy atom. The van der Waals surface area contributed by atoms with Crippen LogP contribution in [0, 0.1) is 0 Å². The molecule has 0 aliphatic carbocycles. The lowest BCUT2D eigenvalue weighted by molar-refractivity contribution is 0.221. The van der Waals surface area contributed by atoms with Crippen LogP contribution in [0.5, 0.6) is 11.5 Å². The van der Waals surface area contributed by atoms with Crippen LogP contribution in [-0.4, -0.2) is 25.3 Å². The third kappa shape index (κ3) is 4.62. The van der Waals surface area contributed by atoms with Crippen LogP contribution in [0.1, 0.15) is 18.9 Å². The van der Waals surface area contributed by atoms with E-state index in [9.17, 15) is 0 Å². The lowest BCUT2D eigenvalue weighted by atomic mass is 10.1. The minimum absolute atomic E-state index is 0.226. The van der Waals surface area contributed by atoms with Crippen LogP contribution in [0.4, 0.5) is 0 Å². The van der Waals surface area contributed by atoms with Gasteiger partial charge in [0.1, 0.15) is 24.2 Å². The van der Waals surface area contributed by atoms with Crippen molar-refractivity contribution in [3.05, 3.63) is 72.3 Å². The Hall–Kier alpha value is -2.26. The molecule has 3 rings (SSSR count). The zero-order valence-electron chi connectivity index (χ0n) is 14.2. The number of nitrogens with one attached hydrogen (secondary N) is 1. The van der Waals surface area contributed by atoms with Crippen molar-refractivity contribution < 1.29 is 9.47 Å². The summed E-state index contributed by atoms with van der Waals surface area (Å²) in [5.41, 5.74) is 1.25. The van der Waals surface area contributed by atoms with Gasteiger partial charge in [0.25, 0.3) is 0 Å². The Kier molecular flexibility index (Phi) is 5.91. The van der Waals surface area contributed by atoms with E-state index in [2.05, 4.69) is 36.5 Å². The lowest BCUT2D eigenvalue weighted by Crippen LogP contribution is -2.21. The van der Waals surface area contributed by atoms with Crippen LogP contribution in [0.2, 0.25) is 0 Å². The van der Waals surface area contributed by atoms with Gasteiger partial charge in [0.05, 0.1) is 0 Å². The van der Waals surface area contributed by atoms with Crippen LogP contribution in [0.15, 0.2) is 66.7 Å². The molecule has 0 radical (unpaired) electrons. The Balaban J connectivity index is 1.43. The molecule has 2 atom stereocenters. The number of benzene rings is 2. The fourth-order valence-electron chi connectivity index (χ4n) is 2.96. The maximum atomic E-state index is 5.98. The van der Waals surface area contributed by atoms with E-state index < -0.39 is 0 Å². The molecule has 2 aromatic carbocycles. The van der Waals surface area contributed by atoms with Crippen LogP contribution in [0.25, 0.3) is 0 Å². The van der Waals surface area contributed by atoms with Crippen molar-refractivity contribution in [1.29, 1.82) is 0 Å². The van der Waals surface area contributed by atoms with Gasteiger partial charge in [-0.3, -0.25) is 0 Å². The molecule has 1 aliphatic heterocycles. The monoisotopic (exact) mass is 323 g/mol. The first kappa shape index (κ1) is 16.6. The minimum atomic E-state index is 0.226. The fraction of sp³-hybridized carbons (Fsp3) is 0.333. The summed E-state index contributed by atoms with van der Waals surface area (Å²) in [5.74, 6) is 1.92. The Bertz CT molecular complexity index is 654. The molecule has 0 spiro atoms. The number of rotatable bonds is 7. The van der Waals surface area contributed by atoms with Crippen molar-refractivity contribution >= 4 is 0 Å². The highest BCUT2D eigenvalue weighted by atomic mass is 16.5. The Morgan fingerprint density at radius 1 is 1.08 bits per heavy atom. The molecule has 3 nitrogen and oxygen atoms in total. The van der Waals surface area contributed by atoms with Crippen molar-refractivity contribution in [2.45, 2.75) is 31.9 Å². The maximum Gasteiger partial charge on any atom is 0.122 e. The van der Waals surface area contributed by atoms with Gasteiger partial charge in [0, 0.05) is 19.0 Å². The molecule has 126 valence electrons. The molecular weight excluding hydrogens is 298 g/mol. The summed E-state index contributed by atoms with van der Waals surface area (Å²) in [7, 11) is 0. The normalized spacial score (nSPS) is 20.4. The molecule has 1 fully saturated rings. The first-order valence-corrected chi connectivity index (χ1v) is 8.67. The molecule has 0 amide bonds. The highest BCUT2D eigenvalue weighted by molar-refractivity contribution is 5.33. The predicted molar refractivity (Wildman–Crippen MR) is 97.7 cm³/mol. The van der Waals surface area contributed by atoms with E-state index in [-0.39, 0.29) is 6.10 Å². The molecule has 0 unspecified atom stereocenters. The molecule has 1 N–H and O–H groups in total. The van der Waals surface area contributed by atoms with E-state index in [4.69, 9.17) is 9.47 Å². The highest BCUT2D eigenvalue weighted by Gasteiger charge is 2.23. The zero-order valence-corrected chi connectivity index (χ0v) is 14.2. The molecule has 1 saturated heterocycles. The van der Waals surface area contributed by atoms with Crippen LogP contribution in [-0.2, 0) is 6.42 Å². The molecular formula is C21H25NO2. The standard InChI is InChI=1S/C21H25NO2/c1-2-17-9-6-7-13-21(17)23-14-8-10-18-15-20(16-22-18)24-19-11-4-3-5-12-19/h3-13,18,20,22H,2,14-16H2,1H3/b10-8+/t18-,20+/m1/s1. The van der Waals surface area contributed by atoms with E-state index in [1.54, 1.807) is 0 Å². The van der Waals surface area contributed by atoms with E-state index >= 15 is 0 Å². The molecule has 1 aliphatic rings. The summed E-state index contributed by atoms with van der Waals surface area (Å²) < 4.78 is 11.8. The summed E-state index contributed by atoms with van der Waals surface area (Å²) in [4.78, 5) is 0. The molecule has 0 aromatic heterocycles. The third-order valence-electron chi connectivity index (χ3n) is 4.23. The summed E-state index contributed by atoms with van der Waals surface area (Å²) >= 11 is 0. The molecule has 24 heavy (non-hydrogen) atoms. The van der Waals surface area contributed by atoms with Gasteiger partial charge in [0.15, 0.2) is 0 Å². The molecule has 3 heteroatoms. The SMILES string of the molecule is CCc1ccccc1OC/C=C/[C@@H]1C[C@H](Oc2ccccc2)CN1. The van der Waals surface area contributed by atoms with Gasteiger partial charge in [-0.25, -0.2) is 0 Å². The minimum Gasteiger partial charge on any atom is -0.489 e. The van der Waals surface area contributed by atoms with Crippen molar-refractivity contribution in [3.63, 3.8) is 0 Å². The van der Waals surface area contributed by atoms with Gasteiger partial charge < -0.3 is 14.8 Å². The number of aryl methyl sites for hydroxylation is 1. The van der Waals surface area contributed by atoms with Crippen molar-refractivity contribution in [2.75, 3.05) is 13.2 Å². The average molecular weight is 323 g/mol. The highest BCUT2D eigenvalue weighted by Crippen LogP contribution is 2.19. The third-order valence-corrected chi connectivity index (χ3v) is 4.23. The number of hydrogen-bond donors (Lipinski definition) is 1. The summed E-state index contributed by atoms with van der Waals surface area (Å²) in [5, 5.41) is 3.48. The molecule has 0 saturated carbocycles. The van der Waals surface area contributed by atoms with Gasteiger partial charge in [-0.05, 0) is 36.3 Å². The first-order valence-electron chi connectivity index (χ1n) is 8.67. The second-order valence-electron chi connectivity index (χ2n) is 6.00. The summed E-state index contributed by atoms with van der Waals surface area (Å²) in [6.07, 6.45) is 6.47. The Morgan fingerprint density at radius 2 is 1.88 bits per heavy atom. The van der Waals surface area contributed by atoms with Crippen molar-refractivity contribution in [2.24, 2.45) is 0 Å². The largest absolute Gasteiger partial charge is 0.489 e. The lowest BCUT2D eigenvalue weighted by Gasteiger charge is -2.12. The van der Waals surface area contributed by atoms with Crippen LogP contribution >= 0.6 is 0 Å². The number of para-hydroxylation sites is 2. The quantitative estimate of drug-likeness (QED) is 0.782. The smallest absolute Gasteiger partial charge is 0.122 e. The summed E-state index contributed by atoms with van der Waals surface area (Å²) in [6.45, 7) is 3.62. The van der Waals surface area contributed by atoms with E-state index in [1.807, 2.05) is 42.5 Å². The van der Waals surface area contributed by atoms with Gasteiger partial charge >= 0.3 is 0 Å². The number of ether oxygens (including phenoxy) is 2. The predicted octanol–water partition coefficient (Wildman–Crippen LogP) is 3.99. The van der Waals surface area contributed by atoms with E-state index in [0.717, 1.165) is 30.9 Å². The molecule has 1 heterocycles. The van der Waals surface area contributed by atoms with Gasteiger partial charge in [-0.15, -0.1) is 0 Å². The topological polar surface area (TPSA) is 30.5 Å². The van der Waals surface area contributed by atoms with Gasteiger partial charge in [0.2, 0.25) is 0 Å². The summed E-state index contributed by atoms with van der Waals surface area (Å²) in [6, 6.07) is 18.6. The van der Waals surface area contributed by atoms with E-state index in [1.165, 1.54) is 5.56 Å². The fourth-order valence-corrected chi connectivity index (χ4v) is 2.96. The van der Waals surface area contributed by atoms with Crippen molar-refractivity contribution in [3.8, 4) is 11.5 Å². The van der Waals surface area contributed by atoms with Gasteiger partial charge in [-0.1, -0.05) is 49.4 Å². The second-order valence-corrected chi connectivity index (χ2v) is 6.00. The van der Waals surface area contributed by atoms with Gasteiger partial charge in [-0.2, -0.15) is 0 Å². The zero-order chi connectivity index (χ0) is 16.6. The number of hydrogen-bond acceptors (Lipinski definition) is 3. The Labute approximate surface area is 144 Å². The van der Waals surface area contributed by atoms with Crippen LogP contribution in [0.3, 0.4) is 0 Å². The average Bonchev–Trinajstić information content (AvgIpc) is 3.07. The molecule has 2 aromatic rings. The van der Waals surface area contributed by atoms with E-state index in [0.29, 0.717) is 12.6 Å². The van der Waals surface area contributed by atoms with Crippen molar-refractivity contribution in [1.82, 2.24) is 5.32 Å².